The van der Waals surface area contributed by atoms with E-state index in [1.165, 1.54) is 5.57 Å². The van der Waals surface area contributed by atoms with Crippen molar-refractivity contribution < 1.29 is 4.74 Å². The van der Waals surface area contributed by atoms with E-state index >= 15 is 0 Å². The third-order valence-corrected chi connectivity index (χ3v) is 1.43. The summed E-state index contributed by atoms with van der Waals surface area (Å²) in [6.45, 7) is 13.2. The maximum absolute atomic E-state index is 5.39. The molecule has 0 aliphatic carbocycles. The highest BCUT2D eigenvalue weighted by Gasteiger charge is 1.91. The molecule has 0 aromatic heterocycles. The van der Waals surface area contributed by atoms with E-state index in [0.717, 1.165) is 5.76 Å². The molecular weight excluding hydrogens is 186 g/mol. The van der Waals surface area contributed by atoms with Crippen molar-refractivity contribution in [1.82, 2.24) is 0 Å². The van der Waals surface area contributed by atoms with Gasteiger partial charge in [-0.3, -0.25) is 0 Å². The minimum absolute atomic E-state index is 0.477. The molecule has 15 heavy (non-hydrogen) atoms. The lowest BCUT2D eigenvalue weighted by Crippen LogP contribution is -1.90. The smallest absolute Gasteiger partial charge is 0.119 e. The van der Waals surface area contributed by atoms with Crippen molar-refractivity contribution in [1.29, 1.82) is 0 Å². The predicted molar refractivity (Wildman–Crippen MR) is 65.9 cm³/mol. The topological polar surface area (TPSA) is 35.2 Å². The lowest BCUT2D eigenvalue weighted by Gasteiger charge is -2.04. The van der Waals surface area contributed by atoms with Crippen molar-refractivity contribution in [3.8, 4) is 0 Å². The zero-order valence-corrected chi connectivity index (χ0v) is 9.71. The number of rotatable bonds is 5. The monoisotopic (exact) mass is 205 g/mol. The van der Waals surface area contributed by atoms with Crippen LogP contribution in [0.1, 0.15) is 20.8 Å². The Morgan fingerprint density at radius 1 is 1.07 bits per heavy atom. The van der Waals surface area contributed by atoms with E-state index < -0.39 is 0 Å². The fraction of sp³-hybridized carbons (Fsp3) is 0.231. The van der Waals surface area contributed by atoms with Crippen LogP contribution in [0.4, 0.5) is 0 Å². The van der Waals surface area contributed by atoms with E-state index in [2.05, 4.69) is 13.2 Å². The van der Waals surface area contributed by atoms with Crippen LogP contribution < -0.4 is 5.73 Å². The highest BCUT2D eigenvalue weighted by molar-refractivity contribution is 5.20. The van der Waals surface area contributed by atoms with Gasteiger partial charge in [-0.15, -0.1) is 0 Å². The number of hydrogen-bond acceptors (Lipinski definition) is 2. The zero-order valence-electron chi connectivity index (χ0n) is 9.71. The summed E-state index contributed by atoms with van der Waals surface area (Å²) in [4.78, 5) is 0. The van der Waals surface area contributed by atoms with Crippen molar-refractivity contribution >= 4 is 0 Å². The highest BCUT2D eigenvalue weighted by Crippen LogP contribution is 2.06. The number of nitrogens with two attached hydrogens (primary N) is 1. The van der Waals surface area contributed by atoms with E-state index in [-0.39, 0.29) is 0 Å². The molecule has 0 saturated heterocycles. The van der Waals surface area contributed by atoms with Crippen LogP contribution >= 0.6 is 0 Å². The Kier molecular flexibility index (Phi) is 5.95. The molecule has 0 fully saturated rings. The molecule has 0 aromatic carbocycles. The molecule has 0 spiro atoms. The minimum atomic E-state index is 0.477. The summed E-state index contributed by atoms with van der Waals surface area (Å²) in [5.74, 6) is 1.32. The van der Waals surface area contributed by atoms with Gasteiger partial charge in [0.2, 0.25) is 0 Å². The SMILES string of the molecule is C=C(N)/C=C\C(=C)O/C(C)=C/C=C(C)C. The van der Waals surface area contributed by atoms with E-state index in [0.29, 0.717) is 11.5 Å². The van der Waals surface area contributed by atoms with Crippen LogP contribution in [-0.2, 0) is 4.74 Å². The molecule has 2 nitrogen and oxygen atoms in total. The van der Waals surface area contributed by atoms with Gasteiger partial charge in [0.15, 0.2) is 0 Å². The van der Waals surface area contributed by atoms with Gasteiger partial charge in [0.1, 0.15) is 11.5 Å². The largest absolute Gasteiger partial charge is 0.463 e. The minimum Gasteiger partial charge on any atom is -0.463 e. The number of hydrogen-bond donors (Lipinski definition) is 1. The normalized spacial score (nSPS) is 11.3. The van der Waals surface area contributed by atoms with Gasteiger partial charge in [-0.1, -0.05) is 24.8 Å². The molecule has 0 atom stereocenters. The average molecular weight is 205 g/mol. The van der Waals surface area contributed by atoms with Gasteiger partial charge < -0.3 is 10.5 Å². The molecule has 0 amide bonds. The first-order chi connectivity index (χ1) is 6.91. The van der Waals surface area contributed by atoms with Crippen molar-refractivity contribution in [2.24, 2.45) is 5.73 Å². The summed E-state index contributed by atoms with van der Waals surface area (Å²) < 4.78 is 5.39. The van der Waals surface area contributed by atoms with Crippen molar-refractivity contribution in [3.05, 3.63) is 60.3 Å². The summed E-state index contributed by atoms with van der Waals surface area (Å²) in [5, 5.41) is 0. The molecule has 0 radical (unpaired) electrons. The summed E-state index contributed by atoms with van der Waals surface area (Å²) in [5.41, 5.74) is 7.06. The molecule has 0 saturated carbocycles. The lowest BCUT2D eigenvalue weighted by molar-refractivity contribution is 0.324. The molecule has 0 aliphatic heterocycles. The van der Waals surface area contributed by atoms with Gasteiger partial charge in [0.25, 0.3) is 0 Å². The van der Waals surface area contributed by atoms with Crippen LogP contribution in [0.5, 0.6) is 0 Å². The van der Waals surface area contributed by atoms with Crippen LogP contribution in [0.25, 0.3) is 0 Å². The van der Waals surface area contributed by atoms with E-state index in [1.807, 2.05) is 32.9 Å². The van der Waals surface area contributed by atoms with Gasteiger partial charge in [-0.05, 0) is 39.0 Å². The van der Waals surface area contributed by atoms with Crippen molar-refractivity contribution in [3.63, 3.8) is 0 Å². The summed E-state index contributed by atoms with van der Waals surface area (Å²) >= 11 is 0. The van der Waals surface area contributed by atoms with Crippen molar-refractivity contribution in [2.45, 2.75) is 20.8 Å². The first kappa shape index (κ1) is 13.3. The predicted octanol–water partition coefficient (Wildman–Crippen LogP) is 3.42. The maximum Gasteiger partial charge on any atom is 0.119 e. The standard InChI is InChI=1S/C13H19NO/c1-10(2)6-8-12(4)15-13(5)9-7-11(3)14/h6-9H,3,5,14H2,1-2,4H3/b9-7-,12-8+. The molecule has 2 heteroatoms. The Bertz CT molecular complexity index is 328. The number of allylic oxidation sites excluding steroid dienone is 6. The quantitative estimate of drug-likeness (QED) is 0.551. The second-order valence-electron chi connectivity index (χ2n) is 3.50. The summed E-state index contributed by atoms with van der Waals surface area (Å²) in [6, 6.07) is 0. The third kappa shape index (κ3) is 8.63. The van der Waals surface area contributed by atoms with Crippen LogP contribution in [0.15, 0.2) is 60.3 Å². The van der Waals surface area contributed by atoms with Crippen LogP contribution in [0.3, 0.4) is 0 Å². The zero-order chi connectivity index (χ0) is 11.8. The maximum atomic E-state index is 5.39. The van der Waals surface area contributed by atoms with Crippen molar-refractivity contribution in [2.75, 3.05) is 0 Å². The Morgan fingerprint density at radius 2 is 1.67 bits per heavy atom. The molecule has 0 aromatic rings. The number of ether oxygens (including phenoxy) is 1. The molecule has 0 unspecified atom stereocenters. The van der Waals surface area contributed by atoms with Gasteiger partial charge in [0, 0.05) is 5.70 Å². The molecule has 0 aliphatic rings. The lowest BCUT2D eigenvalue weighted by atomic mass is 10.3. The molecule has 0 bridgehead atoms. The third-order valence-electron chi connectivity index (χ3n) is 1.43. The second kappa shape index (κ2) is 6.71. The van der Waals surface area contributed by atoms with Crippen LogP contribution in [-0.4, -0.2) is 0 Å². The van der Waals surface area contributed by atoms with Crippen LogP contribution in [0.2, 0.25) is 0 Å². The first-order valence-electron chi connectivity index (χ1n) is 4.73. The van der Waals surface area contributed by atoms with Crippen LogP contribution in [0, 0.1) is 0 Å². The van der Waals surface area contributed by atoms with E-state index in [1.54, 1.807) is 12.2 Å². The molecular formula is C13H19NO. The Labute approximate surface area is 92.1 Å². The summed E-state index contributed by atoms with van der Waals surface area (Å²) in [7, 11) is 0. The molecule has 82 valence electrons. The Morgan fingerprint density at radius 3 is 2.13 bits per heavy atom. The second-order valence-corrected chi connectivity index (χ2v) is 3.50. The van der Waals surface area contributed by atoms with Gasteiger partial charge in [-0.25, -0.2) is 0 Å². The fourth-order valence-electron chi connectivity index (χ4n) is 0.759. The fourth-order valence-corrected chi connectivity index (χ4v) is 0.759. The highest BCUT2D eigenvalue weighted by atomic mass is 16.5. The van der Waals surface area contributed by atoms with Gasteiger partial charge in [-0.2, -0.15) is 0 Å². The van der Waals surface area contributed by atoms with E-state index in [9.17, 15) is 0 Å². The van der Waals surface area contributed by atoms with Gasteiger partial charge >= 0.3 is 0 Å². The average Bonchev–Trinajstić information content (AvgIpc) is 2.11. The molecule has 0 heterocycles. The Hall–Kier alpha value is -1.70. The van der Waals surface area contributed by atoms with Gasteiger partial charge in [0.05, 0.1) is 0 Å². The molecule has 0 rings (SSSR count). The molecule has 2 N–H and O–H groups in total. The summed E-state index contributed by atoms with van der Waals surface area (Å²) in [6.07, 6.45) is 7.21. The first-order valence-corrected chi connectivity index (χ1v) is 4.73. The van der Waals surface area contributed by atoms with E-state index in [4.69, 9.17) is 10.5 Å². The Balaban J connectivity index is 4.25.